The van der Waals surface area contributed by atoms with E-state index in [1.165, 1.54) is 0 Å². The highest BCUT2D eigenvalue weighted by molar-refractivity contribution is 5.80. The van der Waals surface area contributed by atoms with Gasteiger partial charge in [0.2, 0.25) is 0 Å². The van der Waals surface area contributed by atoms with Gasteiger partial charge in [-0.2, -0.15) is 0 Å². The molecule has 0 unspecified atom stereocenters. The van der Waals surface area contributed by atoms with E-state index in [4.69, 9.17) is 0 Å². The molecule has 29 heavy (non-hydrogen) atoms. The minimum Gasteiger partial charge on any atom is -0.336 e. The first kappa shape index (κ1) is 19.4. The lowest BCUT2D eigenvalue weighted by Gasteiger charge is -2.24. The fraction of sp³-hybridized carbons (Fsp3) is 0.765. The van der Waals surface area contributed by atoms with E-state index in [1.807, 2.05) is 0 Å². The van der Waals surface area contributed by atoms with Crippen molar-refractivity contribution in [3.63, 3.8) is 0 Å². The molecule has 0 saturated carbocycles. The number of amides is 8. The van der Waals surface area contributed by atoms with Crippen LogP contribution in [0.2, 0.25) is 0 Å². The molecule has 0 radical (unpaired) electrons. The molecule has 0 aromatic rings. The van der Waals surface area contributed by atoms with E-state index in [0.29, 0.717) is 85.2 Å². The highest BCUT2D eigenvalue weighted by Crippen LogP contribution is 2.14. The Morgan fingerprint density at radius 3 is 1.34 bits per heavy atom. The molecule has 0 bridgehead atoms. The third-order valence-electron chi connectivity index (χ3n) is 5.79. The van der Waals surface area contributed by atoms with Crippen molar-refractivity contribution in [1.29, 1.82) is 0 Å². The number of hydrogen-bond donors (Lipinski definition) is 2. The molecule has 0 aromatic heterocycles. The first-order valence-corrected chi connectivity index (χ1v) is 10.2. The quantitative estimate of drug-likeness (QED) is 0.526. The summed E-state index contributed by atoms with van der Waals surface area (Å²) in [5.74, 6) is 0. The van der Waals surface area contributed by atoms with Crippen LogP contribution in [0.5, 0.6) is 0 Å². The maximum atomic E-state index is 12.5. The Labute approximate surface area is 169 Å². The van der Waals surface area contributed by atoms with Crippen molar-refractivity contribution in [2.45, 2.75) is 6.42 Å². The highest BCUT2D eigenvalue weighted by Gasteiger charge is 2.34. The van der Waals surface area contributed by atoms with Gasteiger partial charge in [0.15, 0.2) is 0 Å². The van der Waals surface area contributed by atoms with Gasteiger partial charge in [-0.15, -0.1) is 0 Å². The van der Waals surface area contributed by atoms with Gasteiger partial charge in [-0.3, -0.25) is 0 Å². The Kier molecular flexibility index (Phi) is 5.49. The molecule has 4 heterocycles. The van der Waals surface area contributed by atoms with Crippen molar-refractivity contribution in [3.05, 3.63) is 0 Å². The predicted molar refractivity (Wildman–Crippen MR) is 102 cm³/mol. The lowest BCUT2D eigenvalue weighted by atomic mass is 10.3. The van der Waals surface area contributed by atoms with Crippen LogP contribution < -0.4 is 10.6 Å². The summed E-state index contributed by atoms with van der Waals surface area (Å²) in [6.45, 7) is 6.78. The summed E-state index contributed by atoms with van der Waals surface area (Å²) in [6, 6.07) is -0.363. The van der Waals surface area contributed by atoms with Crippen LogP contribution in [0.4, 0.5) is 19.2 Å². The summed E-state index contributed by atoms with van der Waals surface area (Å²) in [7, 11) is 0. The van der Waals surface area contributed by atoms with Gasteiger partial charge in [-0.05, 0) is 6.42 Å². The summed E-state index contributed by atoms with van der Waals surface area (Å²) in [6.07, 6.45) is 0.702. The van der Waals surface area contributed by atoms with Gasteiger partial charge in [-0.25, -0.2) is 19.2 Å². The van der Waals surface area contributed by atoms with Crippen LogP contribution >= 0.6 is 0 Å². The predicted octanol–water partition coefficient (Wildman–Crippen LogP) is -1.18. The smallest absolute Gasteiger partial charge is 0.321 e. The Hall–Kier alpha value is -2.92. The third-order valence-corrected chi connectivity index (χ3v) is 5.79. The van der Waals surface area contributed by atoms with E-state index in [1.54, 1.807) is 29.4 Å². The second kappa shape index (κ2) is 8.21. The fourth-order valence-electron chi connectivity index (χ4n) is 4.10. The molecule has 4 rings (SSSR count). The van der Waals surface area contributed by atoms with Crippen LogP contribution in [-0.2, 0) is 0 Å². The van der Waals surface area contributed by atoms with E-state index < -0.39 is 0 Å². The lowest BCUT2D eigenvalue weighted by Crippen LogP contribution is -2.43. The summed E-state index contributed by atoms with van der Waals surface area (Å²) in [5, 5.41) is 5.47. The minimum atomic E-state index is -0.125. The first-order valence-electron chi connectivity index (χ1n) is 10.2. The number of urea groups is 4. The van der Waals surface area contributed by atoms with E-state index in [-0.39, 0.29) is 24.1 Å². The number of rotatable bonds is 8. The van der Waals surface area contributed by atoms with Crippen LogP contribution in [-0.4, -0.2) is 132 Å². The Balaban J connectivity index is 1.17. The number of carbonyl (C=O) groups excluding carboxylic acids is 4. The summed E-state index contributed by atoms with van der Waals surface area (Å²) in [5.41, 5.74) is 0. The second-order valence-corrected chi connectivity index (χ2v) is 7.69. The molecular formula is C17H28N8O4. The molecule has 12 heteroatoms. The van der Waals surface area contributed by atoms with Gasteiger partial charge >= 0.3 is 24.1 Å². The molecule has 4 aliphatic rings. The lowest BCUT2D eigenvalue weighted by molar-refractivity contribution is 0.159. The van der Waals surface area contributed by atoms with E-state index in [0.717, 1.165) is 0 Å². The molecule has 4 saturated heterocycles. The average Bonchev–Trinajstić information content (AvgIpc) is 3.46. The van der Waals surface area contributed by atoms with Crippen LogP contribution in [0.25, 0.3) is 0 Å². The Morgan fingerprint density at radius 2 is 0.966 bits per heavy atom. The molecule has 0 aromatic carbocycles. The highest BCUT2D eigenvalue weighted by atomic mass is 16.2. The zero-order valence-corrected chi connectivity index (χ0v) is 16.5. The van der Waals surface area contributed by atoms with E-state index in [2.05, 4.69) is 10.6 Å². The average molecular weight is 408 g/mol. The molecule has 4 aliphatic heterocycles. The van der Waals surface area contributed by atoms with Gasteiger partial charge in [0.25, 0.3) is 0 Å². The molecule has 4 fully saturated rings. The minimum absolute atomic E-state index is 0.0564. The molecule has 0 aliphatic carbocycles. The number of nitrogens with zero attached hydrogens (tertiary/aromatic N) is 6. The molecular weight excluding hydrogens is 380 g/mol. The van der Waals surface area contributed by atoms with Crippen LogP contribution in [0.15, 0.2) is 0 Å². The van der Waals surface area contributed by atoms with Gasteiger partial charge in [0, 0.05) is 65.4 Å². The molecule has 0 atom stereocenters. The summed E-state index contributed by atoms with van der Waals surface area (Å²) < 4.78 is 0. The largest absolute Gasteiger partial charge is 0.336 e. The molecule has 160 valence electrons. The zero-order chi connectivity index (χ0) is 20.4. The SMILES string of the molecule is O=C1NCCN1CN1CCN(CCCN2CCN(CN3CCNC3=O)C2=O)C1=O. The Morgan fingerprint density at radius 1 is 0.552 bits per heavy atom. The van der Waals surface area contributed by atoms with Crippen LogP contribution in [0.1, 0.15) is 6.42 Å². The van der Waals surface area contributed by atoms with Crippen LogP contribution in [0, 0.1) is 0 Å². The van der Waals surface area contributed by atoms with Crippen molar-refractivity contribution in [3.8, 4) is 0 Å². The third kappa shape index (κ3) is 4.10. The van der Waals surface area contributed by atoms with Crippen molar-refractivity contribution in [1.82, 2.24) is 40.0 Å². The molecule has 0 spiro atoms. The van der Waals surface area contributed by atoms with Crippen molar-refractivity contribution >= 4 is 24.1 Å². The maximum Gasteiger partial charge on any atom is 0.321 e. The Bertz CT molecular complexity index is 632. The van der Waals surface area contributed by atoms with E-state index in [9.17, 15) is 19.2 Å². The van der Waals surface area contributed by atoms with Crippen molar-refractivity contribution < 1.29 is 19.2 Å². The number of nitrogens with one attached hydrogen (secondary N) is 2. The zero-order valence-electron chi connectivity index (χ0n) is 16.5. The first-order chi connectivity index (χ1) is 14.0. The normalized spacial score (nSPS) is 22.5. The number of carbonyl (C=O) groups is 4. The second-order valence-electron chi connectivity index (χ2n) is 7.69. The monoisotopic (exact) mass is 408 g/mol. The maximum absolute atomic E-state index is 12.5. The van der Waals surface area contributed by atoms with Gasteiger partial charge in [-0.1, -0.05) is 0 Å². The summed E-state index contributed by atoms with van der Waals surface area (Å²) >= 11 is 0. The van der Waals surface area contributed by atoms with E-state index >= 15 is 0 Å². The number of hydrogen-bond acceptors (Lipinski definition) is 4. The van der Waals surface area contributed by atoms with Crippen molar-refractivity contribution in [2.24, 2.45) is 0 Å². The summed E-state index contributed by atoms with van der Waals surface area (Å²) in [4.78, 5) is 58.6. The van der Waals surface area contributed by atoms with Gasteiger partial charge in [0.05, 0.1) is 13.3 Å². The van der Waals surface area contributed by atoms with Crippen LogP contribution in [0.3, 0.4) is 0 Å². The fourth-order valence-corrected chi connectivity index (χ4v) is 4.10. The molecule has 12 nitrogen and oxygen atoms in total. The molecule has 2 N–H and O–H groups in total. The standard InChI is InChI=1S/C17H28N8O4/c26-14-18-2-6-22(14)12-24-10-8-20(16(24)28)4-1-5-21-9-11-25(17(21)29)13-23-7-3-19-15(23)27/h1-13H2,(H,18,26)(H,19,27). The topological polar surface area (TPSA) is 112 Å². The van der Waals surface area contributed by atoms with Gasteiger partial charge in [0.1, 0.15) is 0 Å². The van der Waals surface area contributed by atoms with Gasteiger partial charge < -0.3 is 40.0 Å². The molecule has 8 amide bonds. The van der Waals surface area contributed by atoms with Crippen molar-refractivity contribution in [2.75, 3.05) is 78.8 Å².